The molecule has 3 rings (SSSR count). The van der Waals surface area contributed by atoms with Crippen molar-refractivity contribution >= 4 is 11.7 Å². The minimum atomic E-state index is -0.680. The fourth-order valence-electron chi connectivity index (χ4n) is 3.29. The smallest absolute Gasteiger partial charge is 0.296 e. The lowest BCUT2D eigenvalue weighted by molar-refractivity contribution is -0.132. The highest BCUT2D eigenvalue weighted by Gasteiger charge is 2.31. The number of hydrogen-bond donors (Lipinski definition) is 1. The van der Waals surface area contributed by atoms with E-state index in [2.05, 4.69) is 4.98 Å². The highest BCUT2D eigenvalue weighted by atomic mass is 19.1. The van der Waals surface area contributed by atoms with Gasteiger partial charge in [0.05, 0.1) is 6.04 Å². The van der Waals surface area contributed by atoms with E-state index in [0.717, 1.165) is 5.56 Å². The van der Waals surface area contributed by atoms with Gasteiger partial charge in [0.25, 0.3) is 5.56 Å². The molecule has 8 heteroatoms. The second-order valence-corrected chi connectivity index (χ2v) is 6.56. The van der Waals surface area contributed by atoms with E-state index in [1.807, 2.05) is 0 Å². The lowest BCUT2D eigenvalue weighted by Crippen LogP contribution is -2.44. The molecule has 1 unspecified atom stereocenters. The van der Waals surface area contributed by atoms with Crippen LogP contribution in [-0.2, 0) is 17.8 Å². The molecule has 1 N–H and O–H groups in total. The van der Waals surface area contributed by atoms with E-state index in [9.17, 15) is 23.9 Å². The van der Waals surface area contributed by atoms with Crippen LogP contribution in [0.4, 0.5) is 4.39 Å². The third-order valence-electron chi connectivity index (χ3n) is 4.80. The first-order valence-electron chi connectivity index (χ1n) is 8.68. The molecule has 0 saturated heterocycles. The fraction of sp³-hybridized carbons (Fsp3) is 0.368. The molecule has 1 atom stereocenters. The van der Waals surface area contributed by atoms with Gasteiger partial charge in [0, 0.05) is 26.4 Å². The summed E-state index contributed by atoms with van der Waals surface area (Å²) in [6.07, 6.45) is 0.341. The van der Waals surface area contributed by atoms with Crippen LogP contribution in [0.5, 0.6) is 5.75 Å². The molecule has 0 radical (unpaired) electrons. The quantitative estimate of drug-likeness (QED) is 0.826. The summed E-state index contributed by atoms with van der Waals surface area (Å²) in [6.45, 7) is 3.70. The Balaban J connectivity index is 1.88. The summed E-state index contributed by atoms with van der Waals surface area (Å²) in [5.41, 5.74) is -0.208. The molecule has 142 valence electrons. The maximum atomic E-state index is 13.0. The van der Waals surface area contributed by atoms with E-state index in [0.29, 0.717) is 13.0 Å². The predicted molar refractivity (Wildman–Crippen MR) is 95.0 cm³/mol. The van der Waals surface area contributed by atoms with Crippen molar-refractivity contribution in [3.05, 3.63) is 57.5 Å². The highest BCUT2D eigenvalue weighted by molar-refractivity contribution is 5.96. The van der Waals surface area contributed by atoms with Crippen LogP contribution in [-0.4, -0.2) is 37.8 Å². The molecule has 0 bridgehead atoms. The second kappa shape index (κ2) is 7.30. The van der Waals surface area contributed by atoms with Crippen LogP contribution in [0.1, 0.15) is 48.2 Å². The third-order valence-corrected chi connectivity index (χ3v) is 4.80. The van der Waals surface area contributed by atoms with Crippen LogP contribution < -0.4 is 5.56 Å². The van der Waals surface area contributed by atoms with E-state index in [1.165, 1.54) is 23.6 Å². The zero-order valence-corrected chi connectivity index (χ0v) is 15.1. The number of aromatic hydroxyl groups is 1. The molecular formula is C19H20FN3O4. The van der Waals surface area contributed by atoms with Gasteiger partial charge in [-0.25, -0.2) is 9.37 Å². The largest absolute Gasteiger partial charge is 0.501 e. The van der Waals surface area contributed by atoms with Gasteiger partial charge in [-0.15, -0.1) is 0 Å². The first kappa shape index (κ1) is 18.8. The van der Waals surface area contributed by atoms with E-state index >= 15 is 0 Å². The molecule has 1 amide bonds. The first-order chi connectivity index (χ1) is 12.8. The molecule has 7 nitrogen and oxygen atoms in total. The van der Waals surface area contributed by atoms with Crippen LogP contribution in [0.3, 0.4) is 0 Å². The van der Waals surface area contributed by atoms with Gasteiger partial charge in [0.15, 0.2) is 11.5 Å². The number of ketones is 1. The Bertz CT molecular complexity index is 953. The summed E-state index contributed by atoms with van der Waals surface area (Å²) in [4.78, 5) is 42.5. The van der Waals surface area contributed by atoms with Crippen LogP contribution >= 0.6 is 0 Å². The number of carbonyl (C=O) groups is 2. The number of carbonyl (C=O) groups excluding carboxylic acids is 2. The Labute approximate surface area is 155 Å². The number of aryl methyl sites for hydroxylation is 1. The Morgan fingerprint density at radius 1 is 1.26 bits per heavy atom. The second-order valence-electron chi connectivity index (χ2n) is 6.56. The third kappa shape index (κ3) is 3.60. The summed E-state index contributed by atoms with van der Waals surface area (Å²) in [6, 6.07) is 5.28. The highest BCUT2D eigenvalue weighted by Crippen LogP contribution is 2.25. The fourth-order valence-corrected chi connectivity index (χ4v) is 3.29. The van der Waals surface area contributed by atoms with E-state index < -0.39 is 23.1 Å². The molecular weight excluding hydrogens is 353 g/mol. The molecule has 27 heavy (non-hydrogen) atoms. The molecule has 0 saturated carbocycles. The average Bonchev–Trinajstić information content (AvgIpc) is 2.64. The van der Waals surface area contributed by atoms with Crippen LogP contribution in [0.15, 0.2) is 29.1 Å². The van der Waals surface area contributed by atoms with Gasteiger partial charge in [-0.05, 0) is 31.0 Å². The lowest BCUT2D eigenvalue weighted by Gasteiger charge is -2.34. The monoisotopic (exact) mass is 373 g/mol. The van der Waals surface area contributed by atoms with Crippen molar-refractivity contribution in [2.45, 2.75) is 39.3 Å². The lowest BCUT2D eigenvalue weighted by atomic mass is 10.0. The average molecular weight is 373 g/mol. The standard InChI is InChI=1S/C19H20FN3O4/c1-11-18-21-16(15(25)8-5-13-3-6-14(20)7-4-13)17(26)19(27)23(18)10-9-22(11)12(2)24/h3-4,6-7,11,26H,5,8-10H2,1-2H3. The van der Waals surface area contributed by atoms with Gasteiger partial charge >= 0.3 is 0 Å². The molecule has 0 aliphatic carbocycles. The number of rotatable bonds is 4. The van der Waals surface area contributed by atoms with E-state index in [-0.39, 0.29) is 36.2 Å². The maximum Gasteiger partial charge on any atom is 0.296 e. The number of aromatic nitrogens is 2. The summed E-state index contributed by atoms with van der Waals surface area (Å²) in [5.74, 6) is -1.39. The number of fused-ring (bicyclic) bond motifs is 1. The van der Waals surface area contributed by atoms with Gasteiger partial charge in [0.1, 0.15) is 11.6 Å². The van der Waals surface area contributed by atoms with Gasteiger partial charge in [0.2, 0.25) is 11.7 Å². The Hall–Kier alpha value is -3.03. The Morgan fingerprint density at radius 3 is 2.56 bits per heavy atom. The summed E-state index contributed by atoms with van der Waals surface area (Å²) < 4.78 is 14.3. The summed E-state index contributed by atoms with van der Waals surface area (Å²) >= 11 is 0. The van der Waals surface area contributed by atoms with Crippen LogP contribution in [0.25, 0.3) is 0 Å². The summed E-state index contributed by atoms with van der Waals surface area (Å²) in [5, 5.41) is 10.2. The molecule has 0 spiro atoms. The molecule has 1 aromatic heterocycles. The van der Waals surface area contributed by atoms with Crippen molar-refractivity contribution in [3.63, 3.8) is 0 Å². The number of amides is 1. The molecule has 1 aliphatic heterocycles. The zero-order chi connectivity index (χ0) is 19.7. The molecule has 0 fully saturated rings. The van der Waals surface area contributed by atoms with Crippen molar-refractivity contribution in [1.82, 2.24) is 14.5 Å². The number of hydrogen-bond acceptors (Lipinski definition) is 5. The number of halogens is 1. The van der Waals surface area contributed by atoms with Crippen LogP contribution in [0.2, 0.25) is 0 Å². The number of nitrogens with zero attached hydrogens (tertiary/aromatic N) is 3. The van der Waals surface area contributed by atoms with Gasteiger partial charge < -0.3 is 10.0 Å². The van der Waals surface area contributed by atoms with Crippen LogP contribution in [0, 0.1) is 5.82 Å². The number of benzene rings is 1. The molecule has 2 aromatic rings. The van der Waals surface area contributed by atoms with Gasteiger partial charge in [-0.3, -0.25) is 19.0 Å². The van der Waals surface area contributed by atoms with E-state index in [1.54, 1.807) is 24.0 Å². The minimum Gasteiger partial charge on any atom is -0.501 e. The number of Topliss-reactive ketones (excluding diaryl/α,β-unsaturated/α-hetero) is 1. The van der Waals surface area contributed by atoms with Crippen molar-refractivity contribution < 1.29 is 19.1 Å². The predicted octanol–water partition coefficient (Wildman–Crippen LogP) is 1.83. The van der Waals surface area contributed by atoms with Crippen molar-refractivity contribution in [3.8, 4) is 5.75 Å². The topological polar surface area (TPSA) is 92.5 Å². The normalized spacial score (nSPS) is 16.1. The van der Waals surface area contributed by atoms with Crippen molar-refractivity contribution in [2.24, 2.45) is 0 Å². The Morgan fingerprint density at radius 2 is 1.93 bits per heavy atom. The van der Waals surface area contributed by atoms with E-state index in [4.69, 9.17) is 0 Å². The van der Waals surface area contributed by atoms with Gasteiger partial charge in [-0.2, -0.15) is 0 Å². The molecule has 2 heterocycles. The maximum absolute atomic E-state index is 13.0. The zero-order valence-electron chi connectivity index (χ0n) is 15.1. The van der Waals surface area contributed by atoms with Gasteiger partial charge in [-0.1, -0.05) is 12.1 Å². The van der Waals surface area contributed by atoms with Crippen molar-refractivity contribution in [1.29, 1.82) is 0 Å². The SMILES string of the molecule is CC(=O)N1CCn2c(nc(C(=O)CCc3ccc(F)cc3)c(O)c2=O)C1C. The first-order valence-corrected chi connectivity index (χ1v) is 8.68. The van der Waals surface area contributed by atoms with Crippen molar-refractivity contribution in [2.75, 3.05) is 6.54 Å². The Kier molecular flexibility index (Phi) is 5.07. The molecule has 1 aliphatic rings. The summed E-state index contributed by atoms with van der Waals surface area (Å²) in [7, 11) is 0. The molecule has 1 aromatic carbocycles. The minimum absolute atomic E-state index is 0.0138.